The van der Waals surface area contributed by atoms with E-state index in [9.17, 15) is 4.57 Å². The highest BCUT2D eigenvalue weighted by Crippen LogP contribution is 1.81. The zero-order valence-corrected chi connectivity index (χ0v) is 4.98. The Bertz CT molecular complexity index is 92.0. The van der Waals surface area contributed by atoms with Crippen molar-refractivity contribution in [3.8, 4) is 0 Å². The van der Waals surface area contributed by atoms with Crippen LogP contribution in [0.4, 0.5) is 0 Å². The number of rotatable bonds is 1. The van der Waals surface area contributed by atoms with E-state index in [-0.39, 0.29) is 5.58 Å². The van der Waals surface area contributed by atoms with E-state index >= 15 is 0 Å². The van der Waals surface area contributed by atoms with Crippen LogP contribution in [0.5, 0.6) is 0 Å². The zero-order chi connectivity index (χ0) is 6.99. The third-order valence-corrected chi connectivity index (χ3v) is 0.295. The number of nitrogens with two attached hydrogens (primary N) is 2. The minimum Gasteiger partial charge on any atom is -0.390 e. The van der Waals surface area contributed by atoms with Crippen molar-refractivity contribution in [2.45, 2.75) is 0 Å². The van der Waals surface area contributed by atoms with E-state index in [0.717, 1.165) is 6.34 Å². The summed E-state index contributed by atoms with van der Waals surface area (Å²) in [6, 6.07) is 0. The molecule has 46 valence electrons. The van der Waals surface area contributed by atoms with Crippen molar-refractivity contribution in [3.63, 3.8) is 0 Å². The molecule has 0 saturated carbocycles. The maximum Gasteiger partial charge on any atom is 0.230 e. The minimum absolute atomic E-state index is 0.329. The highest BCUT2D eigenvalue weighted by Gasteiger charge is 1.72. The third-order valence-electron chi connectivity index (χ3n) is 0.0983. The van der Waals surface area contributed by atoms with Crippen molar-refractivity contribution in [3.05, 3.63) is 0 Å². The molecule has 6 N–H and O–H groups in total. The Hall–Kier alpha value is -0.960. The molecule has 0 aliphatic carbocycles. The molecule has 0 heterocycles. The van der Waals surface area contributed by atoms with Gasteiger partial charge >= 0.3 is 0 Å². The van der Waals surface area contributed by atoms with Crippen LogP contribution in [0.15, 0.2) is 0 Å². The quantitative estimate of drug-likeness (QED) is 0.224. The van der Waals surface area contributed by atoms with Gasteiger partial charge in [0.15, 0.2) is 5.58 Å². The molecule has 5 nitrogen and oxygen atoms in total. The Morgan fingerprint density at radius 3 is 1.88 bits per heavy atom. The largest absolute Gasteiger partial charge is 0.390 e. The van der Waals surface area contributed by atoms with Crippen molar-refractivity contribution in [1.82, 2.24) is 0 Å². The van der Waals surface area contributed by atoms with Crippen molar-refractivity contribution < 1.29 is 4.57 Å². The SMILES string of the molecule is N=C(N)P=O.N=CN. The molecule has 0 atom stereocenters. The number of hydrogen-bond donors (Lipinski definition) is 4. The average molecular weight is 134 g/mol. The highest BCUT2D eigenvalue weighted by molar-refractivity contribution is 7.46. The van der Waals surface area contributed by atoms with E-state index in [4.69, 9.17) is 10.8 Å². The Morgan fingerprint density at radius 2 is 1.88 bits per heavy atom. The number of hydrogen-bond acceptors (Lipinski definition) is 3. The lowest BCUT2D eigenvalue weighted by Gasteiger charge is -1.64. The molecule has 0 aromatic rings. The van der Waals surface area contributed by atoms with E-state index in [2.05, 4.69) is 11.5 Å². The monoisotopic (exact) mass is 134 g/mol. The fourth-order valence-electron chi connectivity index (χ4n) is 0. The maximum absolute atomic E-state index is 9.25. The Morgan fingerprint density at radius 1 is 1.75 bits per heavy atom. The molecule has 0 bridgehead atoms. The number of amidine groups is 1. The molecule has 0 rings (SSSR count). The summed E-state index contributed by atoms with van der Waals surface area (Å²) in [4.78, 5) is 0. The summed E-state index contributed by atoms with van der Waals surface area (Å²) in [5.74, 6) is 0. The zero-order valence-electron chi connectivity index (χ0n) is 4.09. The van der Waals surface area contributed by atoms with Crippen molar-refractivity contribution in [2.24, 2.45) is 11.5 Å². The van der Waals surface area contributed by atoms with E-state index in [1.165, 1.54) is 0 Å². The predicted molar refractivity (Wildman–Crippen MR) is 32.5 cm³/mol. The lowest BCUT2D eigenvalue weighted by Crippen LogP contribution is -1.97. The topological polar surface area (TPSA) is 117 Å². The summed E-state index contributed by atoms with van der Waals surface area (Å²) in [6.45, 7) is 0. The van der Waals surface area contributed by atoms with Gasteiger partial charge in [0.05, 0.1) is 6.34 Å². The maximum atomic E-state index is 9.25. The van der Waals surface area contributed by atoms with Crippen molar-refractivity contribution >= 4 is 20.4 Å². The molecule has 8 heavy (non-hydrogen) atoms. The second-order valence-electron chi connectivity index (χ2n) is 0.643. The van der Waals surface area contributed by atoms with Gasteiger partial charge in [-0.15, -0.1) is 0 Å². The van der Waals surface area contributed by atoms with Gasteiger partial charge in [-0.1, -0.05) is 0 Å². The van der Waals surface area contributed by atoms with Gasteiger partial charge in [0, 0.05) is 0 Å². The Labute approximate surface area is 48.3 Å². The third kappa shape index (κ3) is 76.1. The molecule has 0 aliphatic rings. The first-order valence-electron chi connectivity index (χ1n) is 1.57. The van der Waals surface area contributed by atoms with Crippen molar-refractivity contribution in [2.75, 3.05) is 0 Å². The second-order valence-corrected chi connectivity index (χ2v) is 1.31. The van der Waals surface area contributed by atoms with E-state index in [1.54, 1.807) is 0 Å². The number of nitrogens with one attached hydrogen (secondary N) is 2. The molecule has 0 fully saturated rings. The summed E-state index contributed by atoms with van der Waals surface area (Å²) in [6.07, 6.45) is 0.750. The molecule has 0 aliphatic heterocycles. The van der Waals surface area contributed by atoms with Crippen LogP contribution in [-0.4, -0.2) is 11.9 Å². The molecule has 0 radical (unpaired) electrons. The van der Waals surface area contributed by atoms with Crippen LogP contribution in [0.3, 0.4) is 0 Å². The average Bonchev–Trinajstić information content (AvgIpc) is 1.69. The fraction of sp³-hybridized carbons (Fsp3) is 0. The van der Waals surface area contributed by atoms with Gasteiger partial charge in [0.1, 0.15) is 0 Å². The van der Waals surface area contributed by atoms with Crippen molar-refractivity contribution in [1.29, 1.82) is 10.8 Å². The van der Waals surface area contributed by atoms with E-state index in [0.29, 0.717) is 0 Å². The first-order chi connectivity index (χ1) is 3.68. The van der Waals surface area contributed by atoms with Gasteiger partial charge in [-0.25, -0.2) is 0 Å². The van der Waals surface area contributed by atoms with Gasteiger partial charge in [-0.2, -0.15) is 0 Å². The molecule has 0 amide bonds. The lowest BCUT2D eigenvalue weighted by molar-refractivity contribution is 0.603. The molecule has 0 saturated heterocycles. The van der Waals surface area contributed by atoms with Crippen LogP contribution >= 0.6 is 8.46 Å². The lowest BCUT2D eigenvalue weighted by atomic mass is 11.4. The molecule has 0 unspecified atom stereocenters. The molecule has 0 aromatic carbocycles. The molecule has 0 aromatic heterocycles. The van der Waals surface area contributed by atoms with Crippen LogP contribution in [0, 0.1) is 10.8 Å². The van der Waals surface area contributed by atoms with Gasteiger partial charge in [-0.05, 0) is 0 Å². The van der Waals surface area contributed by atoms with Crippen LogP contribution in [-0.2, 0) is 4.57 Å². The van der Waals surface area contributed by atoms with E-state index < -0.39 is 8.46 Å². The summed E-state index contributed by atoms with van der Waals surface area (Å²) in [5.41, 5.74) is 8.61. The second kappa shape index (κ2) is 9.40. The summed E-state index contributed by atoms with van der Waals surface area (Å²) < 4.78 is 9.25. The predicted octanol–water partition coefficient (Wildman–Crippen LogP) is -0.276. The first-order valence-corrected chi connectivity index (χ1v) is 2.38. The van der Waals surface area contributed by atoms with Gasteiger partial charge in [0.25, 0.3) is 0 Å². The van der Waals surface area contributed by atoms with Gasteiger partial charge in [0.2, 0.25) is 8.46 Å². The standard InChI is InChI=1S/CH3N2OP.CH4N2/c2-1(3)5-4;2-1-3/h(H3,2,3);1H,(H3,2,3). The normalized spacial score (nSPS) is 6.50. The molecule has 0 spiro atoms. The van der Waals surface area contributed by atoms with Gasteiger partial charge < -0.3 is 11.5 Å². The van der Waals surface area contributed by atoms with Crippen LogP contribution in [0.2, 0.25) is 0 Å². The molecular formula is C2H7N4OP. The minimum atomic E-state index is -0.392. The van der Waals surface area contributed by atoms with E-state index in [1.807, 2.05) is 0 Å². The molecular weight excluding hydrogens is 127 g/mol. The van der Waals surface area contributed by atoms with Gasteiger partial charge in [-0.3, -0.25) is 15.4 Å². The highest BCUT2D eigenvalue weighted by atomic mass is 31.1. The smallest absolute Gasteiger partial charge is 0.230 e. The van der Waals surface area contributed by atoms with Crippen LogP contribution in [0.1, 0.15) is 0 Å². The summed E-state index contributed by atoms with van der Waals surface area (Å²) in [5, 5.41) is 12.1. The Balaban J connectivity index is 0. The van der Waals surface area contributed by atoms with Crippen LogP contribution < -0.4 is 11.5 Å². The summed E-state index contributed by atoms with van der Waals surface area (Å²) >= 11 is 0. The fourth-order valence-corrected chi connectivity index (χ4v) is 0. The van der Waals surface area contributed by atoms with Crippen LogP contribution in [0.25, 0.3) is 0 Å². The summed E-state index contributed by atoms with van der Waals surface area (Å²) in [7, 11) is -0.392. The first kappa shape index (κ1) is 10.1. The Kier molecular flexibility index (Phi) is 11.9. The molecule has 6 heteroatoms.